The van der Waals surface area contributed by atoms with Gasteiger partial charge in [-0.25, -0.2) is 4.98 Å². The van der Waals surface area contributed by atoms with Gasteiger partial charge in [-0.05, 0) is 44.7 Å². The molecule has 1 aromatic carbocycles. The summed E-state index contributed by atoms with van der Waals surface area (Å²) in [6, 6.07) is 4.28. The fourth-order valence-corrected chi connectivity index (χ4v) is 5.29. The molecule has 0 unspecified atom stereocenters. The molecule has 0 saturated heterocycles. The Kier molecular flexibility index (Phi) is 6.61. The molecule has 2 amide bonds. The minimum atomic E-state index is -0.368. The quantitative estimate of drug-likeness (QED) is 0.460. The topological polar surface area (TPSA) is 116 Å². The second-order valence-electron chi connectivity index (χ2n) is 8.13. The number of aryl methyl sites for hydroxylation is 3. The van der Waals surface area contributed by atoms with E-state index in [1.165, 1.54) is 39.8 Å². The molecule has 10 heteroatoms. The van der Waals surface area contributed by atoms with Gasteiger partial charge in [-0.2, -0.15) is 0 Å². The highest BCUT2D eigenvalue weighted by Gasteiger charge is 2.30. The van der Waals surface area contributed by atoms with E-state index in [9.17, 15) is 9.59 Å². The van der Waals surface area contributed by atoms with Crippen molar-refractivity contribution in [1.29, 1.82) is 0 Å². The number of carbonyl (C=O) groups excluding carboxylic acids is 2. The van der Waals surface area contributed by atoms with Crippen molar-refractivity contribution in [2.75, 3.05) is 11.1 Å². The summed E-state index contributed by atoms with van der Waals surface area (Å²) in [5.74, 6) is 0.915. The van der Waals surface area contributed by atoms with Crippen molar-refractivity contribution in [2.24, 2.45) is 5.73 Å². The lowest BCUT2D eigenvalue weighted by Gasteiger charge is -2.09. The van der Waals surface area contributed by atoms with Crippen LogP contribution in [0.2, 0.25) is 0 Å². The largest absolute Gasteiger partial charge is 0.370 e. The number of benzene rings is 1. The standard InChI is InChI=1S/C22H26N6O2S2/c1-12-8-13(2)19(14(3)9-12)16-10-31-21(24-16)25-18(30)11-32-22-27-26-20(15-4-5-15)28(22)7-6-17(23)29/h8-10,15H,4-7,11H2,1-3H3,(H2,23,29)(H,24,25,30). The minimum absolute atomic E-state index is 0.161. The molecule has 4 rings (SSSR count). The van der Waals surface area contributed by atoms with Crippen LogP contribution in [0.4, 0.5) is 5.13 Å². The SMILES string of the molecule is Cc1cc(C)c(-c2csc(NC(=O)CSc3nnc(C4CC4)n3CCC(N)=O)n2)c(C)c1. The summed E-state index contributed by atoms with van der Waals surface area (Å²) >= 11 is 2.71. The molecular formula is C22H26N6O2S2. The van der Waals surface area contributed by atoms with Gasteiger partial charge in [0.05, 0.1) is 11.4 Å². The fourth-order valence-electron chi connectivity index (χ4n) is 3.80. The third kappa shape index (κ3) is 5.18. The van der Waals surface area contributed by atoms with E-state index < -0.39 is 0 Å². The average Bonchev–Trinajstić information content (AvgIpc) is 3.32. The molecule has 8 nitrogen and oxygen atoms in total. The molecule has 168 valence electrons. The van der Waals surface area contributed by atoms with Crippen LogP contribution in [0.5, 0.6) is 0 Å². The molecule has 1 aliphatic rings. The highest BCUT2D eigenvalue weighted by Crippen LogP contribution is 2.40. The predicted octanol–water partition coefficient (Wildman–Crippen LogP) is 3.81. The molecule has 2 heterocycles. The molecule has 3 N–H and O–H groups in total. The van der Waals surface area contributed by atoms with Gasteiger partial charge in [0.1, 0.15) is 5.82 Å². The minimum Gasteiger partial charge on any atom is -0.370 e. The zero-order chi connectivity index (χ0) is 22.8. The number of hydrogen-bond acceptors (Lipinski definition) is 7. The Morgan fingerprint density at radius 2 is 1.94 bits per heavy atom. The summed E-state index contributed by atoms with van der Waals surface area (Å²) in [7, 11) is 0. The van der Waals surface area contributed by atoms with E-state index in [2.05, 4.69) is 53.4 Å². The number of thiazole rings is 1. The second kappa shape index (κ2) is 9.41. The van der Waals surface area contributed by atoms with E-state index in [-0.39, 0.29) is 24.0 Å². The van der Waals surface area contributed by atoms with Crippen molar-refractivity contribution in [3.05, 3.63) is 40.0 Å². The summed E-state index contributed by atoms with van der Waals surface area (Å²) in [6.07, 6.45) is 2.37. The monoisotopic (exact) mass is 470 g/mol. The van der Waals surface area contributed by atoms with Gasteiger partial charge in [0, 0.05) is 29.8 Å². The van der Waals surface area contributed by atoms with Crippen LogP contribution >= 0.6 is 23.1 Å². The highest BCUT2D eigenvalue weighted by molar-refractivity contribution is 7.99. The first-order valence-corrected chi connectivity index (χ1v) is 12.4. The molecule has 32 heavy (non-hydrogen) atoms. The number of primary amides is 1. The van der Waals surface area contributed by atoms with Crippen LogP contribution in [0, 0.1) is 20.8 Å². The highest BCUT2D eigenvalue weighted by atomic mass is 32.2. The van der Waals surface area contributed by atoms with Crippen LogP contribution in [0.25, 0.3) is 11.3 Å². The summed E-state index contributed by atoms with van der Waals surface area (Å²) < 4.78 is 1.92. The fraction of sp³-hybridized carbons (Fsp3) is 0.409. The second-order valence-corrected chi connectivity index (χ2v) is 9.93. The lowest BCUT2D eigenvalue weighted by molar-refractivity contribution is -0.118. The van der Waals surface area contributed by atoms with Crippen molar-refractivity contribution >= 4 is 40.0 Å². The Bertz CT molecular complexity index is 1140. The van der Waals surface area contributed by atoms with Crippen LogP contribution in [-0.4, -0.2) is 37.3 Å². The molecule has 1 fully saturated rings. The first-order valence-electron chi connectivity index (χ1n) is 10.5. The Morgan fingerprint density at radius 1 is 1.22 bits per heavy atom. The summed E-state index contributed by atoms with van der Waals surface area (Å²) in [5, 5.41) is 14.6. The molecule has 0 atom stereocenters. The van der Waals surface area contributed by atoms with Gasteiger partial charge >= 0.3 is 0 Å². The molecule has 0 aliphatic heterocycles. The zero-order valence-electron chi connectivity index (χ0n) is 18.3. The lowest BCUT2D eigenvalue weighted by Crippen LogP contribution is -2.17. The Morgan fingerprint density at radius 3 is 2.59 bits per heavy atom. The van der Waals surface area contributed by atoms with Crippen LogP contribution in [0.1, 0.15) is 47.7 Å². The van der Waals surface area contributed by atoms with E-state index in [1.807, 2.05) is 9.95 Å². The summed E-state index contributed by atoms with van der Waals surface area (Å²) in [4.78, 5) is 28.4. The first-order chi connectivity index (χ1) is 15.3. The number of carbonyl (C=O) groups is 2. The van der Waals surface area contributed by atoms with E-state index >= 15 is 0 Å². The van der Waals surface area contributed by atoms with Gasteiger partial charge in [0.25, 0.3) is 0 Å². The lowest BCUT2D eigenvalue weighted by atomic mass is 9.98. The number of nitrogens with one attached hydrogen (secondary N) is 1. The molecule has 2 aromatic heterocycles. The number of hydrogen-bond donors (Lipinski definition) is 2. The molecule has 1 saturated carbocycles. The van der Waals surface area contributed by atoms with Gasteiger partial charge in [0.15, 0.2) is 10.3 Å². The van der Waals surface area contributed by atoms with Crippen LogP contribution in [0.15, 0.2) is 22.7 Å². The number of amides is 2. The summed E-state index contributed by atoms with van der Waals surface area (Å²) in [5.41, 5.74) is 10.8. The maximum atomic E-state index is 12.5. The van der Waals surface area contributed by atoms with Crippen molar-refractivity contribution in [2.45, 2.75) is 57.7 Å². The Hall–Kier alpha value is -2.72. The average molecular weight is 471 g/mol. The molecular weight excluding hydrogens is 444 g/mol. The predicted molar refractivity (Wildman–Crippen MR) is 127 cm³/mol. The molecule has 0 radical (unpaired) electrons. The molecule has 3 aromatic rings. The van der Waals surface area contributed by atoms with Gasteiger partial charge in [0.2, 0.25) is 11.8 Å². The van der Waals surface area contributed by atoms with Crippen molar-refractivity contribution in [3.63, 3.8) is 0 Å². The molecule has 1 aliphatic carbocycles. The summed E-state index contributed by atoms with van der Waals surface area (Å²) in [6.45, 7) is 6.67. The number of thioether (sulfide) groups is 1. The van der Waals surface area contributed by atoms with Crippen molar-refractivity contribution in [1.82, 2.24) is 19.7 Å². The number of rotatable bonds is 9. The third-order valence-electron chi connectivity index (χ3n) is 5.29. The van der Waals surface area contributed by atoms with E-state index in [0.717, 1.165) is 29.9 Å². The van der Waals surface area contributed by atoms with Gasteiger partial charge in [-0.1, -0.05) is 29.5 Å². The van der Waals surface area contributed by atoms with Crippen LogP contribution < -0.4 is 11.1 Å². The van der Waals surface area contributed by atoms with Gasteiger partial charge in [-0.3, -0.25) is 9.59 Å². The number of aromatic nitrogens is 4. The maximum absolute atomic E-state index is 12.5. The molecule has 0 bridgehead atoms. The zero-order valence-corrected chi connectivity index (χ0v) is 20.0. The van der Waals surface area contributed by atoms with Crippen molar-refractivity contribution in [3.8, 4) is 11.3 Å². The van der Waals surface area contributed by atoms with Crippen LogP contribution in [0.3, 0.4) is 0 Å². The number of anilines is 1. The molecule has 0 spiro atoms. The van der Waals surface area contributed by atoms with Crippen molar-refractivity contribution < 1.29 is 9.59 Å². The smallest absolute Gasteiger partial charge is 0.236 e. The maximum Gasteiger partial charge on any atom is 0.236 e. The Balaban J connectivity index is 1.40. The normalized spacial score (nSPS) is 13.3. The Labute approximate surface area is 195 Å². The van der Waals surface area contributed by atoms with E-state index in [0.29, 0.717) is 22.8 Å². The first kappa shape index (κ1) is 22.5. The van der Waals surface area contributed by atoms with E-state index in [1.54, 1.807) is 0 Å². The van der Waals surface area contributed by atoms with E-state index in [4.69, 9.17) is 5.73 Å². The number of nitrogens with two attached hydrogens (primary N) is 1. The third-order valence-corrected chi connectivity index (χ3v) is 7.01. The number of nitrogens with zero attached hydrogens (tertiary/aromatic N) is 4. The van der Waals surface area contributed by atoms with Gasteiger partial charge < -0.3 is 15.6 Å². The van der Waals surface area contributed by atoms with Gasteiger partial charge in [-0.15, -0.1) is 21.5 Å². The van der Waals surface area contributed by atoms with Crippen LogP contribution in [-0.2, 0) is 16.1 Å².